The second kappa shape index (κ2) is 7.77. The summed E-state index contributed by atoms with van der Waals surface area (Å²) in [5, 5.41) is 17.9. The molecule has 0 heterocycles. The van der Waals surface area contributed by atoms with Crippen LogP contribution in [0.3, 0.4) is 0 Å². The molecule has 0 spiro atoms. The zero-order valence-corrected chi connectivity index (χ0v) is 15.1. The van der Waals surface area contributed by atoms with Crippen molar-refractivity contribution in [3.05, 3.63) is 69.9 Å². The highest BCUT2D eigenvalue weighted by atomic mass is 35.5. The summed E-state index contributed by atoms with van der Waals surface area (Å²) in [6.45, 7) is 0. The third-order valence-electron chi connectivity index (χ3n) is 3.09. The third-order valence-corrected chi connectivity index (χ3v) is 5.21. The van der Waals surface area contributed by atoms with Crippen LogP contribution in [-0.4, -0.2) is 30.4 Å². The Morgan fingerprint density at radius 3 is 2.31 bits per heavy atom. The van der Waals surface area contributed by atoms with Crippen LogP contribution in [0.4, 0.5) is 5.69 Å². The van der Waals surface area contributed by atoms with E-state index in [2.05, 4.69) is 4.72 Å². The highest BCUT2D eigenvalue weighted by Gasteiger charge is 2.17. The van der Waals surface area contributed by atoms with E-state index in [-0.39, 0.29) is 26.2 Å². The molecule has 26 heavy (non-hydrogen) atoms. The van der Waals surface area contributed by atoms with Crippen molar-refractivity contribution >= 4 is 50.7 Å². The summed E-state index contributed by atoms with van der Waals surface area (Å²) in [5.74, 6) is -3.59. The number of carboxylic acids is 1. The highest BCUT2D eigenvalue weighted by molar-refractivity contribution is 7.92. The molecule has 0 aliphatic heterocycles. The molecule has 0 atom stereocenters. The number of rotatable bonds is 6. The smallest absolute Gasteiger partial charge is 0.371 e. The minimum Gasteiger partial charge on any atom is -0.502 e. The summed E-state index contributed by atoms with van der Waals surface area (Å²) in [6.07, 6.45) is 0.523. The first-order valence-electron chi connectivity index (χ1n) is 6.86. The van der Waals surface area contributed by atoms with Crippen molar-refractivity contribution < 1.29 is 28.2 Å². The summed E-state index contributed by atoms with van der Waals surface area (Å²) in [7, 11) is -3.99. The fraction of sp³-hybridized carbons (Fsp3) is 0. The van der Waals surface area contributed by atoms with Gasteiger partial charge in [-0.3, -0.25) is 9.52 Å². The van der Waals surface area contributed by atoms with E-state index in [1.165, 1.54) is 42.5 Å². The molecule has 2 aromatic carbocycles. The first-order chi connectivity index (χ1) is 12.1. The molecule has 136 valence electrons. The van der Waals surface area contributed by atoms with Crippen LogP contribution in [0.5, 0.6) is 0 Å². The molecule has 7 nitrogen and oxygen atoms in total. The van der Waals surface area contributed by atoms with Gasteiger partial charge in [-0.2, -0.15) is 0 Å². The number of ketones is 1. The van der Waals surface area contributed by atoms with Crippen LogP contribution in [0.1, 0.15) is 10.4 Å². The number of carbonyl (C=O) groups is 2. The molecule has 0 aliphatic rings. The van der Waals surface area contributed by atoms with Crippen molar-refractivity contribution in [2.75, 3.05) is 4.72 Å². The van der Waals surface area contributed by atoms with Gasteiger partial charge in [0.25, 0.3) is 10.0 Å². The average Bonchev–Trinajstić information content (AvgIpc) is 2.56. The van der Waals surface area contributed by atoms with Gasteiger partial charge in [-0.15, -0.1) is 0 Å². The molecule has 0 fully saturated rings. The second-order valence-electron chi connectivity index (χ2n) is 4.96. The van der Waals surface area contributed by atoms with E-state index < -0.39 is 27.5 Å². The van der Waals surface area contributed by atoms with Crippen molar-refractivity contribution in [1.82, 2.24) is 0 Å². The molecule has 10 heteroatoms. The monoisotopic (exact) mass is 415 g/mol. The van der Waals surface area contributed by atoms with Crippen LogP contribution < -0.4 is 4.72 Å². The zero-order valence-electron chi connectivity index (χ0n) is 12.8. The molecular formula is C16H11Cl2NO6S. The van der Waals surface area contributed by atoms with Crippen LogP contribution in [0.15, 0.2) is 59.2 Å². The zero-order chi connectivity index (χ0) is 19.5. The fourth-order valence-corrected chi connectivity index (χ4v) is 3.30. The predicted molar refractivity (Wildman–Crippen MR) is 96.4 cm³/mol. The summed E-state index contributed by atoms with van der Waals surface area (Å²) >= 11 is 11.6. The Kier molecular flexibility index (Phi) is 5.91. The van der Waals surface area contributed by atoms with E-state index in [1.54, 1.807) is 0 Å². The number of carboxylic acid groups (broad SMARTS) is 1. The molecule has 0 saturated carbocycles. The SMILES string of the molecule is O=C(O)/C(O)=C\C(=O)c1cccc(NS(=O)(=O)c2ccc(Cl)c(Cl)c2)c1. The van der Waals surface area contributed by atoms with Crippen molar-refractivity contribution in [3.8, 4) is 0 Å². The Balaban J connectivity index is 2.30. The fourth-order valence-electron chi connectivity index (χ4n) is 1.86. The number of allylic oxidation sites excluding steroid dienone is 1. The topological polar surface area (TPSA) is 121 Å². The number of hydrogen-bond acceptors (Lipinski definition) is 5. The van der Waals surface area contributed by atoms with Crippen LogP contribution in [0.25, 0.3) is 0 Å². The van der Waals surface area contributed by atoms with Gasteiger partial charge in [0, 0.05) is 17.3 Å². The molecule has 0 aliphatic carbocycles. The molecule has 2 aromatic rings. The first-order valence-corrected chi connectivity index (χ1v) is 9.10. The van der Waals surface area contributed by atoms with E-state index in [0.29, 0.717) is 6.08 Å². The molecule has 0 radical (unpaired) electrons. The standard InChI is InChI=1S/C16H11Cl2NO6S/c17-12-5-4-11(7-13(12)18)26(24,25)19-10-3-1-2-9(6-10)14(20)8-15(21)16(22)23/h1-8,19,21H,(H,22,23)/b15-8+. The molecule has 0 amide bonds. The lowest BCUT2D eigenvalue weighted by molar-refractivity contribution is -0.135. The second-order valence-corrected chi connectivity index (χ2v) is 7.46. The summed E-state index contributed by atoms with van der Waals surface area (Å²) in [4.78, 5) is 22.3. The number of benzene rings is 2. The van der Waals surface area contributed by atoms with Gasteiger partial charge >= 0.3 is 5.97 Å². The van der Waals surface area contributed by atoms with Crippen molar-refractivity contribution in [2.45, 2.75) is 4.90 Å². The molecule has 0 saturated heterocycles. The van der Waals surface area contributed by atoms with Crippen molar-refractivity contribution in [1.29, 1.82) is 0 Å². The number of aliphatic hydroxyl groups excluding tert-OH is 1. The Labute approximate surface area is 158 Å². The van der Waals surface area contributed by atoms with Crippen LogP contribution in [0.2, 0.25) is 10.0 Å². The Bertz CT molecular complexity index is 1020. The Morgan fingerprint density at radius 2 is 1.69 bits per heavy atom. The lowest BCUT2D eigenvalue weighted by atomic mass is 10.1. The van der Waals surface area contributed by atoms with E-state index in [9.17, 15) is 18.0 Å². The number of hydrogen-bond donors (Lipinski definition) is 3. The van der Waals surface area contributed by atoms with Gasteiger partial charge in [-0.25, -0.2) is 13.2 Å². The lowest BCUT2D eigenvalue weighted by Crippen LogP contribution is -2.13. The number of aliphatic carboxylic acids is 1. The van der Waals surface area contributed by atoms with Crippen molar-refractivity contribution in [2.24, 2.45) is 0 Å². The molecule has 0 unspecified atom stereocenters. The first kappa shape index (κ1) is 19.8. The Morgan fingerprint density at radius 1 is 1.00 bits per heavy atom. The normalized spacial score (nSPS) is 11.8. The summed E-state index contributed by atoms with van der Waals surface area (Å²) < 4.78 is 27.0. The van der Waals surface area contributed by atoms with Crippen molar-refractivity contribution in [3.63, 3.8) is 0 Å². The van der Waals surface area contributed by atoms with E-state index in [1.807, 2.05) is 0 Å². The van der Waals surface area contributed by atoms with Crippen LogP contribution in [-0.2, 0) is 14.8 Å². The average molecular weight is 416 g/mol. The molecule has 3 N–H and O–H groups in total. The number of carbonyl (C=O) groups excluding carboxylic acids is 1. The maximum atomic E-state index is 12.4. The van der Waals surface area contributed by atoms with E-state index >= 15 is 0 Å². The lowest BCUT2D eigenvalue weighted by Gasteiger charge is -2.09. The molecular weight excluding hydrogens is 405 g/mol. The van der Waals surface area contributed by atoms with E-state index in [0.717, 1.165) is 0 Å². The van der Waals surface area contributed by atoms with Gasteiger partial charge in [-0.1, -0.05) is 35.3 Å². The van der Waals surface area contributed by atoms with Crippen LogP contribution >= 0.6 is 23.2 Å². The highest BCUT2D eigenvalue weighted by Crippen LogP contribution is 2.26. The molecule has 2 rings (SSSR count). The minimum absolute atomic E-state index is 0.0212. The van der Waals surface area contributed by atoms with Gasteiger partial charge in [0.1, 0.15) is 0 Å². The quantitative estimate of drug-likeness (QED) is 0.377. The maximum absolute atomic E-state index is 12.4. The van der Waals surface area contributed by atoms with E-state index in [4.69, 9.17) is 33.4 Å². The number of anilines is 1. The number of sulfonamides is 1. The molecule has 0 aromatic heterocycles. The van der Waals surface area contributed by atoms with Gasteiger partial charge in [0.2, 0.25) is 5.76 Å². The summed E-state index contributed by atoms with van der Waals surface area (Å²) in [6, 6.07) is 9.10. The maximum Gasteiger partial charge on any atom is 0.371 e. The van der Waals surface area contributed by atoms with Crippen LogP contribution in [0, 0.1) is 0 Å². The Hall–Kier alpha value is -2.55. The number of aliphatic hydroxyl groups is 1. The van der Waals surface area contributed by atoms with Gasteiger partial charge in [0.05, 0.1) is 14.9 Å². The third kappa shape index (κ3) is 4.75. The van der Waals surface area contributed by atoms with Gasteiger partial charge in [0.15, 0.2) is 5.78 Å². The minimum atomic E-state index is -3.99. The number of nitrogens with one attached hydrogen (secondary N) is 1. The molecule has 0 bridgehead atoms. The summed E-state index contributed by atoms with van der Waals surface area (Å²) in [5.41, 5.74) is 0.0391. The predicted octanol–water partition coefficient (Wildman–Crippen LogP) is 3.50. The largest absolute Gasteiger partial charge is 0.502 e. The van der Waals surface area contributed by atoms with Gasteiger partial charge in [-0.05, 0) is 30.3 Å². The number of halogens is 2. The van der Waals surface area contributed by atoms with Gasteiger partial charge < -0.3 is 10.2 Å².